The van der Waals surface area contributed by atoms with Crippen LogP contribution in [0.5, 0.6) is 0 Å². The first-order valence-corrected chi connectivity index (χ1v) is 6.16. The third-order valence-corrected chi connectivity index (χ3v) is 2.77. The first-order valence-electron chi connectivity index (χ1n) is 5.78. The number of amides is 1. The summed E-state index contributed by atoms with van der Waals surface area (Å²) in [6.07, 6.45) is 1.36. The van der Waals surface area contributed by atoms with Crippen LogP contribution in [0.3, 0.4) is 0 Å². The summed E-state index contributed by atoms with van der Waals surface area (Å²) in [6, 6.07) is 9.83. The van der Waals surface area contributed by atoms with Gasteiger partial charge in [0.2, 0.25) is 5.91 Å². The third kappa shape index (κ3) is 3.80. The van der Waals surface area contributed by atoms with Crippen molar-refractivity contribution in [1.82, 2.24) is 4.98 Å². The van der Waals surface area contributed by atoms with Crippen LogP contribution in [0.15, 0.2) is 42.6 Å². The molecule has 1 aromatic carbocycles. The summed E-state index contributed by atoms with van der Waals surface area (Å²) < 4.78 is 0. The largest absolute Gasteiger partial charge is 0.478 e. The van der Waals surface area contributed by atoms with Gasteiger partial charge in [-0.3, -0.25) is 4.79 Å². The lowest BCUT2D eigenvalue weighted by Crippen LogP contribution is -2.15. The number of benzene rings is 1. The summed E-state index contributed by atoms with van der Waals surface area (Å²) in [7, 11) is 0. The summed E-state index contributed by atoms with van der Waals surface area (Å²) >= 11 is 5.84. The number of hydrogen-bond acceptors (Lipinski definition) is 3. The highest BCUT2D eigenvalue weighted by molar-refractivity contribution is 6.30. The van der Waals surface area contributed by atoms with Gasteiger partial charge in [-0.15, -0.1) is 0 Å². The molecule has 0 bridgehead atoms. The molecule has 0 aliphatic carbocycles. The highest BCUT2D eigenvalue weighted by Gasteiger charge is 2.07. The van der Waals surface area contributed by atoms with Crippen LogP contribution < -0.4 is 5.32 Å². The van der Waals surface area contributed by atoms with Gasteiger partial charge >= 0.3 is 5.97 Å². The Morgan fingerprint density at radius 3 is 2.65 bits per heavy atom. The van der Waals surface area contributed by atoms with E-state index in [0.29, 0.717) is 10.8 Å². The first-order chi connectivity index (χ1) is 9.54. The number of halogens is 1. The summed E-state index contributed by atoms with van der Waals surface area (Å²) in [4.78, 5) is 26.3. The Bertz CT molecular complexity index is 641. The molecular formula is C14H11ClN2O3. The molecule has 1 amide bonds. The van der Waals surface area contributed by atoms with Crippen molar-refractivity contribution < 1.29 is 14.7 Å². The predicted molar refractivity (Wildman–Crippen MR) is 75.0 cm³/mol. The number of nitrogens with zero attached hydrogens (tertiary/aromatic N) is 1. The molecule has 20 heavy (non-hydrogen) atoms. The predicted octanol–water partition coefficient (Wildman–Crippen LogP) is 2.61. The maximum Gasteiger partial charge on any atom is 0.337 e. The van der Waals surface area contributed by atoms with Crippen LogP contribution >= 0.6 is 11.6 Å². The minimum absolute atomic E-state index is 0.0674. The SMILES string of the molecule is O=C(Cc1cccc(Cl)c1)Nc1ccc(C(=O)O)cn1. The van der Waals surface area contributed by atoms with Gasteiger partial charge < -0.3 is 10.4 Å². The zero-order valence-electron chi connectivity index (χ0n) is 10.3. The third-order valence-electron chi connectivity index (χ3n) is 2.53. The van der Waals surface area contributed by atoms with E-state index in [2.05, 4.69) is 10.3 Å². The number of carbonyl (C=O) groups is 2. The van der Waals surface area contributed by atoms with Gasteiger partial charge in [0.25, 0.3) is 0 Å². The standard InChI is InChI=1S/C14H11ClN2O3/c15-11-3-1-2-9(6-11)7-13(18)17-12-5-4-10(8-16-12)14(19)20/h1-6,8H,7H2,(H,19,20)(H,16,17,18). The molecule has 0 radical (unpaired) electrons. The molecule has 6 heteroatoms. The zero-order valence-corrected chi connectivity index (χ0v) is 11.1. The Kier molecular flexibility index (Phi) is 4.32. The summed E-state index contributed by atoms with van der Waals surface area (Å²) in [5.74, 6) is -1.00. The summed E-state index contributed by atoms with van der Waals surface area (Å²) in [5, 5.41) is 11.9. The monoisotopic (exact) mass is 290 g/mol. The van der Waals surface area contributed by atoms with Crippen molar-refractivity contribution in [2.45, 2.75) is 6.42 Å². The number of hydrogen-bond donors (Lipinski definition) is 2. The van der Waals surface area contributed by atoms with Gasteiger partial charge in [0.1, 0.15) is 5.82 Å². The lowest BCUT2D eigenvalue weighted by atomic mass is 10.1. The number of carboxylic acids is 1. The van der Waals surface area contributed by atoms with Crippen molar-refractivity contribution >= 4 is 29.3 Å². The van der Waals surface area contributed by atoms with E-state index in [-0.39, 0.29) is 17.9 Å². The maximum absolute atomic E-state index is 11.8. The maximum atomic E-state index is 11.8. The van der Waals surface area contributed by atoms with Crippen LogP contribution in [-0.4, -0.2) is 22.0 Å². The van der Waals surface area contributed by atoms with Gasteiger partial charge in [-0.2, -0.15) is 0 Å². The second kappa shape index (κ2) is 6.16. The fourth-order valence-corrected chi connectivity index (χ4v) is 1.83. The van der Waals surface area contributed by atoms with E-state index in [9.17, 15) is 9.59 Å². The molecule has 102 valence electrons. The molecule has 0 unspecified atom stereocenters. The van der Waals surface area contributed by atoms with E-state index < -0.39 is 5.97 Å². The highest BCUT2D eigenvalue weighted by atomic mass is 35.5. The minimum Gasteiger partial charge on any atom is -0.478 e. The number of aromatic carboxylic acids is 1. The molecule has 0 spiro atoms. The molecule has 5 nitrogen and oxygen atoms in total. The Hall–Kier alpha value is -2.40. The molecule has 2 aromatic rings. The number of pyridine rings is 1. The van der Waals surface area contributed by atoms with Crippen molar-refractivity contribution in [3.8, 4) is 0 Å². The summed E-state index contributed by atoms with van der Waals surface area (Å²) in [5.41, 5.74) is 0.856. The van der Waals surface area contributed by atoms with Gasteiger partial charge in [-0.25, -0.2) is 9.78 Å². The van der Waals surface area contributed by atoms with E-state index >= 15 is 0 Å². The van der Waals surface area contributed by atoms with Crippen LogP contribution in [0.2, 0.25) is 5.02 Å². The number of anilines is 1. The molecule has 0 saturated carbocycles. The number of nitrogens with one attached hydrogen (secondary N) is 1. The molecule has 2 rings (SSSR count). The Labute approximate surface area is 120 Å². The van der Waals surface area contributed by atoms with Crippen molar-refractivity contribution in [3.63, 3.8) is 0 Å². The van der Waals surface area contributed by atoms with Crippen LogP contribution in [0.4, 0.5) is 5.82 Å². The van der Waals surface area contributed by atoms with E-state index in [1.807, 2.05) is 0 Å². The Morgan fingerprint density at radius 1 is 1.25 bits per heavy atom. The molecule has 1 aromatic heterocycles. The number of carboxylic acid groups (broad SMARTS) is 1. The fourth-order valence-electron chi connectivity index (χ4n) is 1.61. The molecule has 0 saturated heterocycles. The van der Waals surface area contributed by atoms with Gasteiger partial charge in [0.15, 0.2) is 0 Å². The van der Waals surface area contributed by atoms with Crippen molar-refractivity contribution in [2.24, 2.45) is 0 Å². The number of aromatic nitrogens is 1. The zero-order chi connectivity index (χ0) is 14.5. The van der Waals surface area contributed by atoms with Crippen LogP contribution in [0, 0.1) is 0 Å². The first kappa shape index (κ1) is 14.0. The fraction of sp³-hybridized carbons (Fsp3) is 0.0714. The molecule has 0 aliphatic heterocycles. The quantitative estimate of drug-likeness (QED) is 0.907. The minimum atomic E-state index is -1.06. The van der Waals surface area contributed by atoms with Crippen molar-refractivity contribution in [2.75, 3.05) is 5.32 Å². The average Bonchev–Trinajstić information content (AvgIpc) is 2.39. The van der Waals surface area contributed by atoms with Gasteiger partial charge in [-0.05, 0) is 29.8 Å². The van der Waals surface area contributed by atoms with E-state index in [1.54, 1.807) is 24.3 Å². The molecule has 2 N–H and O–H groups in total. The average molecular weight is 291 g/mol. The van der Waals surface area contributed by atoms with Crippen LogP contribution in [0.25, 0.3) is 0 Å². The smallest absolute Gasteiger partial charge is 0.337 e. The normalized spacial score (nSPS) is 10.1. The number of rotatable bonds is 4. The number of carbonyl (C=O) groups excluding carboxylic acids is 1. The molecule has 0 aliphatic rings. The topological polar surface area (TPSA) is 79.3 Å². The Morgan fingerprint density at radius 2 is 2.05 bits per heavy atom. The summed E-state index contributed by atoms with van der Waals surface area (Å²) in [6.45, 7) is 0. The van der Waals surface area contributed by atoms with E-state index in [4.69, 9.17) is 16.7 Å². The van der Waals surface area contributed by atoms with E-state index in [1.165, 1.54) is 18.3 Å². The van der Waals surface area contributed by atoms with Crippen molar-refractivity contribution in [3.05, 3.63) is 58.7 Å². The molecule has 0 atom stereocenters. The molecule has 1 heterocycles. The second-order valence-electron chi connectivity index (χ2n) is 4.09. The Balaban J connectivity index is 1.99. The lowest BCUT2D eigenvalue weighted by Gasteiger charge is -2.05. The second-order valence-corrected chi connectivity index (χ2v) is 4.53. The van der Waals surface area contributed by atoms with Crippen LogP contribution in [0.1, 0.15) is 15.9 Å². The highest BCUT2D eigenvalue weighted by Crippen LogP contribution is 2.12. The van der Waals surface area contributed by atoms with E-state index in [0.717, 1.165) is 5.56 Å². The molecule has 0 fully saturated rings. The van der Waals surface area contributed by atoms with Crippen molar-refractivity contribution in [1.29, 1.82) is 0 Å². The lowest BCUT2D eigenvalue weighted by molar-refractivity contribution is -0.115. The van der Waals surface area contributed by atoms with Gasteiger partial charge in [0.05, 0.1) is 12.0 Å². The van der Waals surface area contributed by atoms with Gasteiger partial charge in [0, 0.05) is 11.2 Å². The van der Waals surface area contributed by atoms with Crippen LogP contribution in [-0.2, 0) is 11.2 Å². The molecular weight excluding hydrogens is 280 g/mol. The van der Waals surface area contributed by atoms with Gasteiger partial charge in [-0.1, -0.05) is 23.7 Å².